The van der Waals surface area contributed by atoms with Crippen LogP contribution in [-0.2, 0) is 0 Å². The second-order valence-corrected chi connectivity index (χ2v) is 6.12. The average molecular weight is 284 g/mol. The highest BCUT2D eigenvalue weighted by Crippen LogP contribution is 2.41. The maximum Gasteiger partial charge on any atom is 0.0750 e. The molecular formula is C20H16N2. The summed E-state index contributed by atoms with van der Waals surface area (Å²) in [5, 5.41) is 7.47. The summed E-state index contributed by atoms with van der Waals surface area (Å²) in [7, 11) is 0. The van der Waals surface area contributed by atoms with Crippen molar-refractivity contribution in [3.63, 3.8) is 0 Å². The first-order valence-electron chi connectivity index (χ1n) is 7.87. The van der Waals surface area contributed by atoms with Crippen LogP contribution in [0.2, 0.25) is 0 Å². The van der Waals surface area contributed by atoms with Gasteiger partial charge in [0.05, 0.1) is 16.9 Å². The minimum Gasteiger partial charge on any atom is -0.232 e. The van der Waals surface area contributed by atoms with Crippen molar-refractivity contribution < 1.29 is 0 Å². The molecule has 5 rings (SSSR count). The highest BCUT2D eigenvalue weighted by atomic mass is 15.2. The normalized spacial score (nSPS) is 14.7. The van der Waals surface area contributed by atoms with Crippen LogP contribution in [0.15, 0.2) is 66.7 Å². The van der Waals surface area contributed by atoms with Crippen molar-refractivity contribution in [1.82, 2.24) is 9.61 Å². The molecule has 2 nitrogen and oxygen atoms in total. The van der Waals surface area contributed by atoms with Gasteiger partial charge in [0.2, 0.25) is 0 Å². The fraction of sp³-hybridized carbons (Fsp3) is 0.150. The minimum atomic E-state index is 0.669. The fourth-order valence-electron chi connectivity index (χ4n) is 3.23. The van der Waals surface area contributed by atoms with Crippen LogP contribution in [0.1, 0.15) is 24.5 Å². The SMILES string of the molecule is c1ccc(-c2cc3ccccc3c3cc(C4CC4)nn23)cc1. The third-order valence-corrected chi connectivity index (χ3v) is 4.55. The van der Waals surface area contributed by atoms with E-state index in [1.807, 2.05) is 0 Å². The van der Waals surface area contributed by atoms with Crippen LogP contribution in [0, 0.1) is 0 Å². The Kier molecular flexibility index (Phi) is 2.42. The van der Waals surface area contributed by atoms with E-state index >= 15 is 0 Å². The van der Waals surface area contributed by atoms with Crippen LogP contribution in [0.5, 0.6) is 0 Å². The van der Waals surface area contributed by atoms with Gasteiger partial charge in [-0.3, -0.25) is 0 Å². The van der Waals surface area contributed by atoms with E-state index in [0.717, 1.165) is 0 Å². The maximum atomic E-state index is 4.92. The second kappa shape index (κ2) is 4.44. The molecule has 0 spiro atoms. The molecule has 22 heavy (non-hydrogen) atoms. The monoisotopic (exact) mass is 284 g/mol. The number of pyridine rings is 1. The van der Waals surface area contributed by atoms with Crippen LogP contribution in [0.3, 0.4) is 0 Å². The Morgan fingerprint density at radius 1 is 0.864 bits per heavy atom. The van der Waals surface area contributed by atoms with Crippen molar-refractivity contribution in [3.8, 4) is 11.3 Å². The molecule has 2 heteroatoms. The molecule has 1 saturated carbocycles. The molecule has 2 heterocycles. The highest BCUT2D eigenvalue weighted by molar-refractivity contribution is 5.98. The number of hydrogen-bond acceptors (Lipinski definition) is 1. The first-order valence-corrected chi connectivity index (χ1v) is 7.87. The average Bonchev–Trinajstić information content (AvgIpc) is 3.33. The Bertz CT molecular complexity index is 979. The molecule has 1 aliphatic rings. The predicted octanol–water partition coefficient (Wildman–Crippen LogP) is 5.03. The van der Waals surface area contributed by atoms with Crippen LogP contribution in [0.25, 0.3) is 27.5 Å². The molecule has 106 valence electrons. The van der Waals surface area contributed by atoms with E-state index in [1.54, 1.807) is 0 Å². The molecule has 2 aromatic carbocycles. The summed E-state index contributed by atoms with van der Waals surface area (Å²) in [6.07, 6.45) is 2.56. The third-order valence-electron chi connectivity index (χ3n) is 4.55. The van der Waals surface area contributed by atoms with Gasteiger partial charge in [0, 0.05) is 16.9 Å². The number of nitrogens with zero attached hydrogens (tertiary/aromatic N) is 2. The molecule has 0 unspecified atom stereocenters. The maximum absolute atomic E-state index is 4.92. The Morgan fingerprint density at radius 3 is 2.45 bits per heavy atom. The van der Waals surface area contributed by atoms with Crippen LogP contribution < -0.4 is 0 Å². The molecule has 0 saturated heterocycles. The van der Waals surface area contributed by atoms with Gasteiger partial charge in [-0.1, -0.05) is 54.6 Å². The lowest BCUT2D eigenvalue weighted by atomic mass is 10.1. The summed E-state index contributed by atoms with van der Waals surface area (Å²) in [6, 6.07) is 23.7. The van der Waals surface area contributed by atoms with Crippen molar-refractivity contribution in [3.05, 3.63) is 72.4 Å². The van der Waals surface area contributed by atoms with E-state index in [1.165, 1.54) is 46.1 Å². The van der Waals surface area contributed by atoms with E-state index < -0.39 is 0 Å². The van der Waals surface area contributed by atoms with Gasteiger partial charge in [0.1, 0.15) is 0 Å². The van der Waals surface area contributed by atoms with E-state index in [0.29, 0.717) is 5.92 Å². The fourth-order valence-corrected chi connectivity index (χ4v) is 3.23. The number of benzene rings is 2. The molecule has 1 fully saturated rings. The molecule has 0 atom stereocenters. The van der Waals surface area contributed by atoms with Gasteiger partial charge in [0.25, 0.3) is 0 Å². The Balaban J connectivity index is 1.90. The van der Waals surface area contributed by atoms with Crippen molar-refractivity contribution in [2.45, 2.75) is 18.8 Å². The van der Waals surface area contributed by atoms with Crippen molar-refractivity contribution in [2.24, 2.45) is 0 Å². The molecule has 1 aliphatic carbocycles. The summed E-state index contributed by atoms with van der Waals surface area (Å²) >= 11 is 0. The van der Waals surface area contributed by atoms with Gasteiger partial charge >= 0.3 is 0 Å². The molecule has 4 aromatic rings. The predicted molar refractivity (Wildman–Crippen MR) is 90.1 cm³/mol. The van der Waals surface area contributed by atoms with Crippen LogP contribution in [0.4, 0.5) is 0 Å². The van der Waals surface area contributed by atoms with Gasteiger partial charge in [-0.15, -0.1) is 0 Å². The van der Waals surface area contributed by atoms with Gasteiger partial charge in [-0.25, -0.2) is 4.52 Å². The van der Waals surface area contributed by atoms with Gasteiger partial charge in [-0.2, -0.15) is 5.10 Å². The molecule has 0 N–H and O–H groups in total. The number of aromatic nitrogens is 2. The molecule has 0 amide bonds. The van der Waals surface area contributed by atoms with E-state index in [9.17, 15) is 0 Å². The smallest absolute Gasteiger partial charge is 0.0750 e. The zero-order valence-corrected chi connectivity index (χ0v) is 12.2. The summed E-state index contributed by atoms with van der Waals surface area (Å²) in [5.41, 5.74) is 4.84. The van der Waals surface area contributed by atoms with Crippen LogP contribution >= 0.6 is 0 Å². The van der Waals surface area contributed by atoms with Gasteiger partial charge in [-0.05, 0) is 30.4 Å². The highest BCUT2D eigenvalue weighted by Gasteiger charge is 2.27. The zero-order valence-electron chi connectivity index (χ0n) is 12.2. The van der Waals surface area contributed by atoms with Gasteiger partial charge in [0.15, 0.2) is 0 Å². The van der Waals surface area contributed by atoms with Crippen molar-refractivity contribution >= 4 is 16.3 Å². The van der Waals surface area contributed by atoms with E-state index in [4.69, 9.17) is 5.10 Å². The Morgan fingerprint density at radius 2 is 1.64 bits per heavy atom. The number of rotatable bonds is 2. The first kappa shape index (κ1) is 12.0. The lowest BCUT2D eigenvalue weighted by Gasteiger charge is -2.08. The number of fused-ring (bicyclic) bond motifs is 3. The number of hydrogen-bond donors (Lipinski definition) is 0. The van der Waals surface area contributed by atoms with E-state index in [2.05, 4.69) is 71.2 Å². The van der Waals surface area contributed by atoms with E-state index in [-0.39, 0.29) is 0 Å². The zero-order chi connectivity index (χ0) is 14.5. The third kappa shape index (κ3) is 1.77. The quantitative estimate of drug-likeness (QED) is 0.504. The summed E-state index contributed by atoms with van der Waals surface area (Å²) < 4.78 is 2.13. The summed E-state index contributed by atoms with van der Waals surface area (Å²) in [5.74, 6) is 0.669. The lowest BCUT2D eigenvalue weighted by Crippen LogP contribution is -1.95. The topological polar surface area (TPSA) is 17.3 Å². The summed E-state index contributed by atoms with van der Waals surface area (Å²) in [4.78, 5) is 0. The molecule has 0 radical (unpaired) electrons. The molecule has 0 aliphatic heterocycles. The minimum absolute atomic E-state index is 0.669. The lowest BCUT2D eigenvalue weighted by molar-refractivity contribution is 0.900. The second-order valence-electron chi connectivity index (χ2n) is 6.12. The Labute approximate surface area is 129 Å². The largest absolute Gasteiger partial charge is 0.232 e. The summed E-state index contributed by atoms with van der Waals surface area (Å²) in [6.45, 7) is 0. The van der Waals surface area contributed by atoms with Crippen molar-refractivity contribution in [1.29, 1.82) is 0 Å². The molecule has 0 bridgehead atoms. The van der Waals surface area contributed by atoms with Gasteiger partial charge < -0.3 is 0 Å². The van der Waals surface area contributed by atoms with Crippen molar-refractivity contribution in [2.75, 3.05) is 0 Å². The Hall–Kier alpha value is -2.61. The first-order chi connectivity index (χ1) is 10.9. The molecule has 2 aromatic heterocycles. The standard InChI is InChI=1S/C20H16N2/c1-2-6-15(7-3-1)19-12-16-8-4-5-9-17(16)20-13-18(14-10-11-14)21-22(19)20/h1-9,12-14H,10-11H2. The van der Waals surface area contributed by atoms with Crippen LogP contribution in [-0.4, -0.2) is 9.61 Å². The molecular weight excluding hydrogens is 268 g/mol.